The van der Waals surface area contributed by atoms with Crippen LogP contribution < -0.4 is 0 Å². The number of rotatable bonds is 5. The van der Waals surface area contributed by atoms with Gasteiger partial charge in [-0.05, 0) is 39.2 Å². The van der Waals surface area contributed by atoms with Gasteiger partial charge in [0.15, 0.2) is 12.4 Å². The minimum absolute atomic E-state index is 0.0687. The Labute approximate surface area is 130 Å². The molecule has 0 amide bonds. The van der Waals surface area contributed by atoms with Gasteiger partial charge in [-0.15, -0.1) is 0 Å². The van der Waals surface area contributed by atoms with Crippen molar-refractivity contribution in [2.24, 2.45) is 5.92 Å². The van der Waals surface area contributed by atoms with Crippen LogP contribution in [0, 0.1) is 19.8 Å². The minimum Gasteiger partial charge on any atom is -0.457 e. The molecule has 5 heteroatoms. The van der Waals surface area contributed by atoms with Gasteiger partial charge in [0.1, 0.15) is 0 Å². The molecule has 22 heavy (non-hydrogen) atoms. The van der Waals surface area contributed by atoms with Crippen LogP contribution in [0.1, 0.15) is 71.1 Å². The first-order valence-corrected chi connectivity index (χ1v) is 7.81. The van der Waals surface area contributed by atoms with E-state index in [1.165, 1.54) is 6.92 Å². The van der Waals surface area contributed by atoms with Gasteiger partial charge in [-0.3, -0.25) is 14.4 Å². The molecule has 1 aromatic heterocycles. The molecule has 1 fully saturated rings. The molecule has 1 aromatic rings. The van der Waals surface area contributed by atoms with Crippen molar-refractivity contribution in [3.63, 3.8) is 0 Å². The third-order valence-corrected chi connectivity index (χ3v) is 4.35. The minimum atomic E-state index is -0.294. The van der Waals surface area contributed by atoms with Crippen molar-refractivity contribution < 1.29 is 19.1 Å². The quantitative estimate of drug-likeness (QED) is 0.669. The lowest BCUT2D eigenvalue weighted by atomic mass is 9.89. The Balaban J connectivity index is 1.99. The predicted molar refractivity (Wildman–Crippen MR) is 82.1 cm³/mol. The summed E-state index contributed by atoms with van der Waals surface area (Å²) in [5.41, 5.74) is 2.21. The van der Waals surface area contributed by atoms with E-state index in [0.29, 0.717) is 22.5 Å². The molecule has 1 heterocycles. The predicted octanol–water partition coefficient (Wildman–Crippen LogP) is 3.14. The molecule has 0 spiro atoms. The third-order valence-electron chi connectivity index (χ3n) is 4.35. The van der Waals surface area contributed by atoms with Crippen LogP contribution in [-0.2, 0) is 9.53 Å². The van der Waals surface area contributed by atoms with Crippen LogP contribution in [0.5, 0.6) is 0 Å². The molecular weight excluding hydrogens is 282 g/mol. The molecule has 2 rings (SSSR count). The van der Waals surface area contributed by atoms with E-state index in [2.05, 4.69) is 4.98 Å². The molecule has 1 aliphatic carbocycles. The lowest BCUT2D eigenvalue weighted by Gasteiger charge is -2.19. The summed E-state index contributed by atoms with van der Waals surface area (Å²) >= 11 is 0. The number of carbonyl (C=O) groups excluding carboxylic acids is 3. The van der Waals surface area contributed by atoms with Crippen LogP contribution in [0.25, 0.3) is 0 Å². The second kappa shape index (κ2) is 6.90. The highest BCUT2D eigenvalue weighted by molar-refractivity contribution is 6.04. The first kappa shape index (κ1) is 16.5. The van der Waals surface area contributed by atoms with E-state index in [-0.39, 0.29) is 30.1 Å². The van der Waals surface area contributed by atoms with Crippen LogP contribution in [0.2, 0.25) is 0 Å². The molecule has 120 valence electrons. The summed E-state index contributed by atoms with van der Waals surface area (Å²) in [7, 11) is 0. The summed E-state index contributed by atoms with van der Waals surface area (Å²) < 4.78 is 5.17. The highest BCUT2D eigenvalue weighted by Gasteiger charge is 2.25. The van der Waals surface area contributed by atoms with Crippen LogP contribution in [0.3, 0.4) is 0 Å². The molecule has 0 radical (unpaired) electrons. The van der Waals surface area contributed by atoms with Crippen LogP contribution in [0.15, 0.2) is 0 Å². The van der Waals surface area contributed by atoms with Crippen molar-refractivity contribution in [2.75, 3.05) is 6.61 Å². The number of nitrogens with one attached hydrogen (secondary N) is 1. The zero-order valence-corrected chi connectivity index (χ0v) is 13.5. The van der Waals surface area contributed by atoms with E-state index in [1.54, 1.807) is 13.8 Å². The molecule has 1 N–H and O–H groups in total. The van der Waals surface area contributed by atoms with E-state index in [0.717, 1.165) is 32.1 Å². The van der Waals surface area contributed by atoms with Crippen molar-refractivity contribution in [1.29, 1.82) is 0 Å². The van der Waals surface area contributed by atoms with Gasteiger partial charge < -0.3 is 9.72 Å². The standard InChI is InChI=1S/C17H23NO4/c1-10-15(12(3)19)11(2)18-16(10)14(20)9-22-17(21)13-7-5-4-6-8-13/h13,18H,4-9H2,1-3H3. The summed E-state index contributed by atoms with van der Waals surface area (Å²) in [4.78, 5) is 38.7. The fourth-order valence-electron chi connectivity index (χ4n) is 3.22. The summed E-state index contributed by atoms with van der Waals surface area (Å²) in [5.74, 6) is -0.719. The first-order valence-electron chi connectivity index (χ1n) is 7.81. The van der Waals surface area contributed by atoms with Crippen LogP contribution in [-0.4, -0.2) is 29.1 Å². The average Bonchev–Trinajstić information content (AvgIpc) is 2.80. The Bertz CT molecular complexity index is 594. The summed E-state index contributed by atoms with van der Waals surface area (Å²) in [6, 6.07) is 0. The number of aromatic nitrogens is 1. The Kier molecular flexibility index (Phi) is 5.16. The Morgan fingerprint density at radius 1 is 1.14 bits per heavy atom. The first-order chi connectivity index (χ1) is 10.4. The number of H-pyrrole nitrogens is 1. The van der Waals surface area contributed by atoms with E-state index in [9.17, 15) is 14.4 Å². The molecule has 0 atom stereocenters. The average molecular weight is 305 g/mol. The van der Waals surface area contributed by atoms with Gasteiger partial charge in [0.05, 0.1) is 11.6 Å². The van der Waals surface area contributed by atoms with Gasteiger partial charge in [0.25, 0.3) is 0 Å². The largest absolute Gasteiger partial charge is 0.457 e. The van der Waals surface area contributed by atoms with E-state index in [1.807, 2.05) is 0 Å². The van der Waals surface area contributed by atoms with Crippen LogP contribution >= 0.6 is 0 Å². The SMILES string of the molecule is CC(=O)c1c(C)[nH]c(C(=O)COC(=O)C2CCCCC2)c1C. The van der Waals surface area contributed by atoms with Crippen LogP contribution in [0.4, 0.5) is 0 Å². The second-order valence-corrected chi connectivity index (χ2v) is 6.05. The van der Waals surface area contributed by atoms with Gasteiger partial charge >= 0.3 is 5.97 Å². The molecule has 0 bridgehead atoms. The number of carbonyl (C=O) groups is 3. The van der Waals surface area contributed by atoms with Crippen molar-refractivity contribution in [2.45, 2.75) is 52.9 Å². The Morgan fingerprint density at radius 3 is 2.32 bits per heavy atom. The molecule has 1 aliphatic rings. The van der Waals surface area contributed by atoms with Gasteiger partial charge in [-0.1, -0.05) is 19.3 Å². The maximum atomic E-state index is 12.2. The molecule has 0 aliphatic heterocycles. The van der Waals surface area contributed by atoms with Crippen molar-refractivity contribution in [3.05, 3.63) is 22.5 Å². The maximum absolute atomic E-state index is 12.2. The lowest BCUT2D eigenvalue weighted by molar-refractivity contribution is -0.148. The normalized spacial score (nSPS) is 15.6. The van der Waals surface area contributed by atoms with Gasteiger partial charge in [0, 0.05) is 11.3 Å². The molecule has 0 unspecified atom stereocenters. The molecule has 0 saturated heterocycles. The topological polar surface area (TPSA) is 76.2 Å². The number of ether oxygens (including phenoxy) is 1. The Morgan fingerprint density at radius 2 is 1.77 bits per heavy atom. The van der Waals surface area contributed by atoms with Crippen molar-refractivity contribution >= 4 is 17.5 Å². The van der Waals surface area contributed by atoms with E-state index >= 15 is 0 Å². The lowest BCUT2D eigenvalue weighted by Crippen LogP contribution is -2.23. The number of aromatic amines is 1. The number of ketones is 2. The zero-order valence-electron chi connectivity index (χ0n) is 13.5. The number of aryl methyl sites for hydroxylation is 1. The van der Waals surface area contributed by atoms with Crippen molar-refractivity contribution in [3.8, 4) is 0 Å². The summed E-state index contributed by atoms with van der Waals surface area (Å²) in [6.07, 6.45) is 4.96. The molecular formula is C17H23NO4. The molecule has 5 nitrogen and oxygen atoms in total. The number of hydrogen-bond donors (Lipinski definition) is 1. The second-order valence-electron chi connectivity index (χ2n) is 6.05. The smallest absolute Gasteiger partial charge is 0.309 e. The van der Waals surface area contributed by atoms with E-state index < -0.39 is 0 Å². The number of Topliss-reactive ketones (excluding diaryl/α,β-unsaturated/α-hetero) is 2. The fourth-order valence-corrected chi connectivity index (χ4v) is 3.22. The third kappa shape index (κ3) is 3.46. The summed E-state index contributed by atoms with van der Waals surface area (Å²) in [5, 5.41) is 0. The van der Waals surface area contributed by atoms with Gasteiger partial charge in [0.2, 0.25) is 5.78 Å². The maximum Gasteiger partial charge on any atom is 0.309 e. The monoisotopic (exact) mass is 305 g/mol. The molecule has 0 aromatic carbocycles. The fraction of sp³-hybridized carbons (Fsp3) is 0.588. The number of hydrogen-bond acceptors (Lipinski definition) is 4. The summed E-state index contributed by atoms with van der Waals surface area (Å²) in [6.45, 7) is 4.69. The van der Waals surface area contributed by atoms with Crippen molar-refractivity contribution in [1.82, 2.24) is 4.98 Å². The Hall–Kier alpha value is -1.91. The van der Waals surface area contributed by atoms with Gasteiger partial charge in [-0.25, -0.2) is 0 Å². The highest BCUT2D eigenvalue weighted by Crippen LogP contribution is 2.25. The highest BCUT2D eigenvalue weighted by atomic mass is 16.5. The molecule has 1 saturated carbocycles. The number of esters is 1. The van der Waals surface area contributed by atoms with Gasteiger partial charge in [-0.2, -0.15) is 0 Å². The van der Waals surface area contributed by atoms with E-state index in [4.69, 9.17) is 4.74 Å². The zero-order chi connectivity index (χ0) is 16.3.